The van der Waals surface area contributed by atoms with Crippen molar-refractivity contribution in [3.8, 4) is 5.75 Å². The maximum absolute atomic E-state index is 12.3. The van der Waals surface area contributed by atoms with E-state index in [4.69, 9.17) is 4.74 Å². The van der Waals surface area contributed by atoms with Gasteiger partial charge in [-0.15, -0.1) is 0 Å². The Kier molecular flexibility index (Phi) is 5.99. The van der Waals surface area contributed by atoms with Gasteiger partial charge in [-0.2, -0.15) is 0 Å². The Balaban J connectivity index is 1.88. The molecule has 1 aromatic rings. The first-order chi connectivity index (χ1) is 10.7. The Hall–Kier alpha value is -1.84. The van der Waals surface area contributed by atoms with Gasteiger partial charge in [0.25, 0.3) is 5.91 Å². The lowest BCUT2D eigenvalue weighted by molar-refractivity contribution is -0.135. The number of carbonyl (C=O) groups is 2. The number of hydrogen-bond donors (Lipinski definition) is 0. The van der Waals surface area contributed by atoms with Crippen molar-refractivity contribution in [2.45, 2.75) is 52.0 Å². The molecule has 0 atom stereocenters. The zero-order valence-electron chi connectivity index (χ0n) is 13.5. The van der Waals surface area contributed by atoms with Crippen molar-refractivity contribution in [3.05, 3.63) is 29.8 Å². The summed E-state index contributed by atoms with van der Waals surface area (Å²) in [6.07, 6.45) is 5.12. The highest BCUT2D eigenvalue weighted by Gasteiger charge is 2.25. The predicted molar refractivity (Wildman–Crippen MR) is 86.2 cm³/mol. The molecule has 0 unspecified atom stereocenters. The number of benzene rings is 1. The van der Waals surface area contributed by atoms with Crippen LogP contribution in [0.2, 0.25) is 0 Å². The van der Waals surface area contributed by atoms with Crippen LogP contribution in [-0.4, -0.2) is 35.8 Å². The first kappa shape index (κ1) is 16.5. The van der Waals surface area contributed by atoms with E-state index >= 15 is 0 Å². The van der Waals surface area contributed by atoms with Gasteiger partial charge < -0.3 is 9.64 Å². The van der Waals surface area contributed by atoms with Gasteiger partial charge in [0.05, 0.1) is 0 Å². The van der Waals surface area contributed by atoms with Gasteiger partial charge in [-0.1, -0.05) is 19.8 Å². The molecule has 0 heterocycles. The molecule has 1 saturated carbocycles. The number of Topliss-reactive ketones (excluding diaryl/α,β-unsaturated/α-hetero) is 1. The molecular formula is C18H25NO3. The van der Waals surface area contributed by atoms with Crippen LogP contribution in [0.25, 0.3) is 0 Å². The summed E-state index contributed by atoms with van der Waals surface area (Å²) in [6.45, 7) is 4.65. The number of amides is 1. The normalized spacial score (nSPS) is 14.8. The van der Waals surface area contributed by atoms with E-state index in [2.05, 4.69) is 0 Å². The van der Waals surface area contributed by atoms with Crippen molar-refractivity contribution in [2.24, 2.45) is 0 Å². The van der Waals surface area contributed by atoms with Crippen LogP contribution in [0.15, 0.2) is 24.3 Å². The van der Waals surface area contributed by atoms with Gasteiger partial charge in [-0.25, -0.2) is 0 Å². The van der Waals surface area contributed by atoms with E-state index in [1.165, 1.54) is 12.8 Å². The monoisotopic (exact) mass is 303 g/mol. The van der Waals surface area contributed by atoms with Crippen LogP contribution >= 0.6 is 0 Å². The topological polar surface area (TPSA) is 46.6 Å². The molecule has 0 aromatic heterocycles. The van der Waals surface area contributed by atoms with Crippen LogP contribution in [0.5, 0.6) is 5.75 Å². The largest absolute Gasteiger partial charge is 0.484 e. The lowest BCUT2D eigenvalue weighted by Gasteiger charge is -2.27. The Morgan fingerprint density at radius 1 is 1.14 bits per heavy atom. The lowest BCUT2D eigenvalue weighted by Crippen LogP contribution is -2.41. The van der Waals surface area contributed by atoms with E-state index in [-0.39, 0.29) is 18.3 Å². The molecule has 1 aromatic carbocycles. The number of nitrogens with zero attached hydrogens (tertiary/aromatic N) is 1. The van der Waals surface area contributed by atoms with Crippen LogP contribution in [0, 0.1) is 0 Å². The highest BCUT2D eigenvalue weighted by Crippen LogP contribution is 2.23. The quantitative estimate of drug-likeness (QED) is 0.725. The van der Waals surface area contributed by atoms with Crippen molar-refractivity contribution in [3.63, 3.8) is 0 Å². The molecule has 4 heteroatoms. The Morgan fingerprint density at radius 2 is 1.77 bits per heavy atom. The average Bonchev–Trinajstić information content (AvgIpc) is 3.07. The second kappa shape index (κ2) is 7.97. The van der Waals surface area contributed by atoms with E-state index in [0.717, 1.165) is 19.4 Å². The molecule has 0 N–H and O–H groups in total. The van der Waals surface area contributed by atoms with Crippen LogP contribution in [-0.2, 0) is 4.79 Å². The average molecular weight is 303 g/mol. The second-order valence-electron chi connectivity index (χ2n) is 5.71. The zero-order valence-corrected chi connectivity index (χ0v) is 13.5. The minimum Gasteiger partial charge on any atom is -0.484 e. The smallest absolute Gasteiger partial charge is 0.260 e. The molecule has 1 aliphatic carbocycles. The molecule has 1 fully saturated rings. The van der Waals surface area contributed by atoms with Gasteiger partial charge in [0.2, 0.25) is 0 Å². The first-order valence-electron chi connectivity index (χ1n) is 8.21. The summed E-state index contributed by atoms with van der Waals surface area (Å²) in [5, 5.41) is 0. The Bertz CT molecular complexity index is 504. The highest BCUT2D eigenvalue weighted by atomic mass is 16.5. The van der Waals surface area contributed by atoms with Gasteiger partial charge in [0.1, 0.15) is 5.75 Å². The summed E-state index contributed by atoms with van der Waals surface area (Å²) < 4.78 is 5.58. The third-order valence-electron chi connectivity index (χ3n) is 4.29. The number of ketones is 1. The maximum Gasteiger partial charge on any atom is 0.260 e. The summed E-state index contributed by atoms with van der Waals surface area (Å²) in [5.74, 6) is 0.785. The fraction of sp³-hybridized carbons (Fsp3) is 0.556. The molecule has 0 saturated heterocycles. The van der Waals surface area contributed by atoms with Crippen molar-refractivity contribution in [1.29, 1.82) is 0 Å². The minimum absolute atomic E-state index is 0.0445. The molecule has 4 nitrogen and oxygen atoms in total. The van der Waals surface area contributed by atoms with Crippen LogP contribution in [0.1, 0.15) is 56.3 Å². The molecule has 0 radical (unpaired) electrons. The van der Waals surface area contributed by atoms with Gasteiger partial charge in [-0.3, -0.25) is 9.59 Å². The number of carbonyl (C=O) groups excluding carboxylic acids is 2. The lowest BCUT2D eigenvalue weighted by atomic mass is 10.1. The molecule has 0 bridgehead atoms. The Labute approximate surface area is 132 Å². The first-order valence-corrected chi connectivity index (χ1v) is 8.21. The van der Waals surface area contributed by atoms with Gasteiger partial charge >= 0.3 is 0 Å². The fourth-order valence-corrected chi connectivity index (χ4v) is 3.02. The molecule has 0 spiro atoms. The molecule has 2 rings (SSSR count). The summed E-state index contributed by atoms with van der Waals surface area (Å²) in [4.78, 5) is 25.8. The SMILES string of the molecule is CCC(=O)c1ccc(OCC(=O)N(CC)C2CCCC2)cc1. The third kappa shape index (κ3) is 4.09. The second-order valence-corrected chi connectivity index (χ2v) is 5.71. The molecule has 1 aliphatic rings. The summed E-state index contributed by atoms with van der Waals surface area (Å²) in [6, 6.07) is 7.38. The molecule has 0 aliphatic heterocycles. The number of ether oxygens (including phenoxy) is 1. The van der Waals surface area contributed by atoms with Crippen molar-refractivity contribution >= 4 is 11.7 Å². The van der Waals surface area contributed by atoms with Gasteiger partial charge in [-0.05, 0) is 44.0 Å². The maximum atomic E-state index is 12.3. The fourth-order valence-electron chi connectivity index (χ4n) is 3.02. The van der Waals surface area contributed by atoms with E-state index in [0.29, 0.717) is 23.8 Å². The number of rotatable bonds is 7. The molecule has 22 heavy (non-hydrogen) atoms. The van der Waals surface area contributed by atoms with E-state index in [1.807, 2.05) is 18.7 Å². The van der Waals surface area contributed by atoms with Crippen LogP contribution in [0.4, 0.5) is 0 Å². The summed E-state index contributed by atoms with van der Waals surface area (Å²) in [5.41, 5.74) is 0.683. The predicted octanol–water partition coefficient (Wildman–Crippen LogP) is 3.45. The third-order valence-corrected chi connectivity index (χ3v) is 4.29. The van der Waals surface area contributed by atoms with Gasteiger partial charge in [0.15, 0.2) is 12.4 Å². The van der Waals surface area contributed by atoms with E-state index < -0.39 is 0 Å². The van der Waals surface area contributed by atoms with Crippen molar-refractivity contribution in [1.82, 2.24) is 4.90 Å². The number of hydrogen-bond acceptors (Lipinski definition) is 3. The molecule has 1 amide bonds. The van der Waals surface area contributed by atoms with Crippen molar-refractivity contribution in [2.75, 3.05) is 13.2 Å². The summed E-state index contributed by atoms with van der Waals surface area (Å²) in [7, 11) is 0. The van der Waals surface area contributed by atoms with E-state index in [1.54, 1.807) is 24.3 Å². The standard InChI is InChI=1S/C18H25NO3/c1-3-17(20)14-9-11-16(12-10-14)22-13-18(21)19(4-2)15-7-5-6-8-15/h9-12,15H,3-8,13H2,1-2H3. The van der Waals surface area contributed by atoms with Crippen LogP contribution < -0.4 is 4.74 Å². The minimum atomic E-state index is 0.0445. The van der Waals surface area contributed by atoms with E-state index in [9.17, 15) is 9.59 Å². The van der Waals surface area contributed by atoms with Crippen LogP contribution in [0.3, 0.4) is 0 Å². The molecule has 120 valence electrons. The van der Waals surface area contributed by atoms with Crippen molar-refractivity contribution < 1.29 is 14.3 Å². The zero-order chi connectivity index (χ0) is 15.9. The molecular weight excluding hydrogens is 278 g/mol. The number of likely N-dealkylation sites (N-methyl/N-ethyl adjacent to an activating group) is 1. The Morgan fingerprint density at radius 3 is 2.32 bits per heavy atom. The van der Waals surface area contributed by atoms with Gasteiger partial charge in [0, 0.05) is 24.6 Å². The highest BCUT2D eigenvalue weighted by molar-refractivity contribution is 5.95. The summed E-state index contributed by atoms with van der Waals surface area (Å²) >= 11 is 0.